The Kier molecular flexibility index (Phi) is 6.26. The highest BCUT2D eigenvalue weighted by Crippen LogP contribution is 2.44. The molecule has 0 saturated heterocycles. The zero-order valence-corrected chi connectivity index (χ0v) is 25.4. The summed E-state index contributed by atoms with van der Waals surface area (Å²) in [6.45, 7) is 0. The van der Waals surface area contributed by atoms with E-state index in [-0.39, 0.29) is 11.8 Å². The Morgan fingerprint density at radius 3 is 1.54 bits per heavy atom. The summed E-state index contributed by atoms with van der Waals surface area (Å²) in [7, 11) is 0. The van der Waals surface area contributed by atoms with Gasteiger partial charge in [-0.3, -0.25) is 9.59 Å². The molecule has 1 aliphatic heterocycles. The lowest BCUT2D eigenvalue weighted by Gasteiger charge is -2.19. The summed E-state index contributed by atoms with van der Waals surface area (Å²) >= 11 is 0. The van der Waals surface area contributed by atoms with Gasteiger partial charge in [0.25, 0.3) is 11.8 Å². The van der Waals surface area contributed by atoms with E-state index in [0.717, 1.165) is 55.2 Å². The maximum atomic E-state index is 14.7. The van der Waals surface area contributed by atoms with Crippen molar-refractivity contribution in [1.29, 1.82) is 0 Å². The molecule has 2 amide bonds. The fraction of sp³-hybridized carbons (Fsp3) is 0. The number of anilines is 1. The van der Waals surface area contributed by atoms with Gasteiger partial charge in [-0.05, 0) is 23.8 Å². The first-order chi connectivity index (χ1) is 23.7. The average Bonchev–Trinajstić information content (AvgIpc) is 3.63. The molecule has 0 N–H and O–H groups in total. The van der Waals surface area contributed by atoms with Crippen LogP contribution in [0.2, 0.25) is 0 Å². The number of imide groups is 1. The van der Waals surface area contributed by atoms with E-state index < -0.39 is 0 Å². The maximum Gasteiger partial charge on any atom is 0.268 e. The van der Waals surface area contributed by atoms with Gasteiger partial charge in [-0.1, -0.05) is 91.0 Å². The number of amides is 2. The SMILES string of the molecule is O=C1c2cccc(-n3c4c(-c5cncnc5)cccc4c4cccc(-c5cncnc5)c43)c2C(=O)N1c1ccccc1-c1ccccc1. The fourth-order valence-corrected chi connectivity index (χ4v) is 6.90. The van der Waals surface area contributed by atoms with Gasteiger partial charge >= 0.3 is 0 Å². The molecule has 0 radical (unpaired) electrons. The second kappa shape index (κ2) is 10.9. The number of nitrogens with zero attached hydrogens (tertiary/aromatic N) is 6. The van der Waals surface area contributed by atoms with Crippen molar-refractivity contribution >= 4 is 39.3 Å². The van der Waals surface area contributed by atoms with Crippen LogP contribution < -0.4 is 4.90 Å². The van der Waals surface area contributed by atoms with Crippen molar-refractivity contribution in [3.8, 4) is 39.1 Å². The standard InChI is InChI=1S/C40H24N6O2/c47-39-33-16-8-18-35(36(33)40(48)46(39)34-17-5-4-11-28(34)25-9-2-1-3-10-25)45-37-29(26-19-41-23-42-20-26)12-6-14-31(37)32-15-7-13-30(38(32)45)27-21-43-24-44-22-27/h1-24H. The molecule has 8 heteroatoms. The third-order valence-corrected chi connectivity index (χ3v) is 8.92. The molecule has 1 aliphatic rings. The topological polar surface area (TPSA) is 93.9 Å². The number of fused-ring (bicyclic) bond motifs is 4. The van der Waals surface area contributed by atoms with Crippen LogP contribution in [0.4, 0.5) is 5.69 Å². The molecular formula is C40H24N6O2. The van der Waals surface area contributed by atoms with Crippen molar-refractivity contribution in [2.24, 2.45) is 0 Å². The molecule has 48 heavy (non-hydrogen) atoms. The highest BCUT2D eigenvalue weighted by molar-refractivity contribution is 6.36. The first-order valence-corrected chi connectivity index (χ1v) is 15.4. The molecule has 0 spiro atoms. The number of rotatable bonds is 5. The van der Waals surface area contributed by atoms with Crippen LogP contribution in [0.5, 0.6) is 0 Å². The van der Waals surface area contributed by atoms with Crippen LogP contribution in [0.3, 0.4) is 0 Å². The van der Waals surface area contributed by atoms with Gasteiger partial charge in [0.15, 0.2) is 0 Å². The predicted molar refractivity (Wildman–Crippen MR) is 186 cm³/mol. The van der Waals surface area contributed by atoms with Crippen molar-refractivity contribution in [2.75, 3.05) is 4.90 Å². The van der Waals surface area contributed by atoms with Crippen LogP contribution >= 0.6 is 0 Å². The van der Waals surface area contributed by atoms with Crippen LogP contribution in [-0.2, 0) is 0 Å². The minimum atomic E-state index is -0.384. The summed E-state index contributed by atoms with van der Waals surface area (Å²) in [6, 6.07) is 35.0. The minimum Gasteiger partial charge on any atom is -0.307 e. The van der Waals surface area contributed by atoms with E-state index in [1.807, 2.05) is 91.0 Å². The number of hydrogen-bond donors (Lipinski definition) is 0. The quantitative estimate of drug-likeness (QED) is 0.180. The number of carbonyl (C=O) groups excluding carboxylic acids is 2. The largest absolute Gasteiger partial charge is 0.307 e. The van der Waals surface area contributed by atoms with E-state index in [1.54, 1.807) is 30.9 Å². The second-order valence-corrected chi connectivity index (χ2v) is 11.5. The Morgan fingerprint density at radius 2 is 0.917 bits per heavy atom. The number of hydrogen-bond acceptors (Lipinski definition) is 6. The third kappa shape index (κ3) is 4.09. The van der Waals surface area contributed by atoms with E-state index in [9.17, 15) is 9.59 Å². The van der Waals surface area contributed by atoms with Crippen LogP contribution in [-0.4, -0.2) is 36.3 Å². The first-order valence-electron chi connectivity index (χ1n) is 15.4. The van der Waals surface area contributed by atoms with Crippen LogP contribution in [0, 0.1) is 0 Å². The zero-order valence-electron chi connectivity index (χ0n) is 25.4. The lowest BCUT2D eigenvalue weighted by atomic mass is 10.0. The van der Waals surface area contributed by atoms with Gasteiger partial charge in [-0.25, -0.2) is 24.8 Å². The molecule has 3 aromatic heterocycles. The molecular weight excluding hydrogens is 596 g/mol. The summed E-state index contributed by atoms with van der Waals surface area (Å²) in [5.41, 5.74) is 8.67. The molecule has 4 heterocycles. The van der Waals surface area contributed by atoms with Gasteiger partial charge in [-0.2, -0.15) is 0 Å². The van der Waals surface area contributed by atoms with E-state index in [4.69, 9.17) is 0 Å². The summed E-state index contributed by atoms with van der Waals surface area (Å²) in [5, 5.41) is 1.96. The van der Waals surface area contributed by atoms with Crippen molar-refractivity contribution in [3.63, 3.8) is 0 Å². The van der Waals surface area contributed by atoms with Gasteiger partial charge < -0.3 is 4.57 Å². The van der Waals surface area contributed by atoms with Gasteiger partial charge in [-0.15, -0.1) is 0 Å². The monoisotopic (exact) mass is 620 g/mol. The molecule has 0 saturated carbocycles. The normalized spacial score (nSPS) is 12.6. The highest BCUT2D eigenvalue weighted by Gasteiger charge is 2.40. The maximum absolute atomic E-state index is 14.7. The van der Waals surface area contributed by atoms with E-state index >= 15 is 0 Å². The summed E-state index contributed by atoms with van der Waals surface area (Å²) in [4.78, 5) is 47.5. The number of para-hydroxylation sites is 3. The molecule has 8 nitrogen and oxygen atoms in total. The van der Waals surface area contributed by atoms with Gasteiger partial charge in [0.05, 0.1) is 33.5 Å². The van der Waals surface area contributed by atoms with Crippen molar-refractivity contribution in [2.45, 2.75) is 0 Å². The number of aromatic nitrogens is 5. The summed E-state index contributed by atoms with van der Waals surface area (Å²) < 4.78 is 2.10. The van der Waals surface area contributed by atoms with E-state index in [1.165, 1.54) is 17.6 Å². The lowest BCUT2D eigenvalue weighted by molar-refractivity contribution is 0.0926. The van der Waals surface area contributed by atoms with Crippen molar-refractivity contribution in [3.05, 3.63) is 158 Å². The predicted octanol–water partition coefficient (Wildman–Crippen LogP) is 8.17. The fourth-order valence-electron chi connectivity index (χ4n) is 6.90. The Morgan fingerprint density at radius 1 is 0.417 bits per heavy atom. The molecule has 226 valence electrons. The third-order valence-electron chi connectivity index (χ3n) is 8.92. The Hall–Kier alpha value is -6.80. The van der Waals surface area contributed by atoms with Crippen LogP contribution in [0.1, 0.15) is 20.7 Å². The Labute approximate surface area is 274 Å². The molecule has 0 atom stereocenters. The Bertz CT molecular complexity index is 2450. The van der Waals surface area contributed by atoms with Crippen LogP contribution in [0.25, 0.3) is 60.9 Å². The Balaban J connectivity index is 1.36. The zero-order chi connectivity index (χ0) is 32.2. The highest BCUT2D eigenvalue weighted by atomic mass is 16.2. The molecule has 0 aliphatic carbocycles. The number of carbonyl (C=O) groups is 2. The molecule has 0 bridgehead atoms. The molecule has 0 unspecified atom stereocenters. The molecule has 0 fully saturated rings. The summed E-state index contributed by atoms with van der Waals surface area (Å²) in [6.07, 6.45) is 10.1. The van der Waals surface area contributed by atoms with E-state index in [0.29, 0.717) is 22.5 Å². The van der Waals surface area contributed by atoms with Crippen LogP contribution in [0.15, 0.2) is 147 Å². The smallest absolute Gasteiger partial charge is 0.268 e. The number of benzene rings is 5. The average molecular weight is 621 g/mol. The molecule has 8 aromatic rings. The van der Waals surface area contributed by atoms with Gasteiger partial charge in [0.1, 0.15) is 12.7 Å². The molecule has 5 aromatic carbocycles. The second-order valence-electron chi connectivity index (χ2n) is 11.5. The van der Waals surface area contributed by atoms with E-state index in [2.05, 4.69) is 36.6 Å². The summed E-state index contributed by atoms with van der Waals surface area (Å²) in [5.74, 6) is -0.751. The molecule has 9 rings (SSSR count). The first kappa shape index (κ1) is 27.5. The minimum absolute atomic E-state index is 0.336. The lowest BCUT2D eigenvalue weighted by Crippen LogP contribution is -2.30. The van der Waals surface area contributed by atoms with Crippen molar-refractivity contribution < 1.29 is 9.59 Å². The van der Waals surface area contributed by atoms with Gasteiger partial charge in [0.2, 0.25) is 0 Å². The van der Waals surface area contributed by atoms with Gasteiger partial charge in [0, 0.05) is 63.4 Å². The van der Waals surface area contributed by atoms with Crippen molar-refractivity contribution in [1.82, 2.24) is 24.5 Å².